The van der Waals surface area contributed by atoms with E-state index < -0.39 is 12.0 Å². The van der Waals surface area contributed by atoms with Gasteiger partial charge in [0.05, 0.1) is 0 Å². The number of carboxylic acid groups (broad SMARTS) is 1. The SMILES string of the molecule is O=C(O)[C@@H]1CCCCN1C(=O)C1[C@@H]2CCC[C@@H]12. The molecule has 0 spiro atoms. The van der Waals surface area contributed by atoms with E-state index >= 15 is 0 Å². The van der Waals surface area contributed by atoms with Gasteiger partial charge >= 0.3 is 5.97 Å². The smallest absolute Gasteiger partial charge is 0.326 e. The predicted molar refractivity (Wildman–Crippen MR) is 61.3 cm³/mol. The van der Waals surface area contributed by atoms with Crippen LogP contribution in [0.15, 0.2) is 0 Å². The highest BCUT2D eigenvalue weighted by atomic mass is 16.4. The third-order valence-electron chi connectivity index (χ3n) is 4.76. The van der Waals surface area contributed by atoms with Gasteiger partial charge in [-0.05, 0) is 43.9 Å². The maximum absolute atomic E-state index is 12.4. The Hall–Kier alpha value is -1.06. The van der Waals surface area contributed by atoms with Crippen LogP contribution >= 0.6 is 0 Å². The van der Waals surface area contributed by atoms with Crippen LogP contribution in [0, 0.1) is 17.8 Å². The van der Waals surface area contributed by atoms with Crippen molar-refractivity contribution in [1.29, 1.82) is 0 Å². The first-order chi connectivity index (χ1) is 8.20. The lowest BCUT2D eigenvalue weighted by Crippen LogP contribution is -2.49. The van der Waals surface area contributed by atoms with Crippen LogP contribution in [0.3, 0.4) is 0 Å². The molecule has 4 heteroatoms. The van der Waals surface area contributed by atoms with Crippen molar-refractivity contribution < 1.29 is 14.7 Å². The summed E-state index contributed by atoms with van der Waals surface area (Å²) in [5, 5.41) is 9.17. The highest BCUT2D eigenvalue weighted by Gasteiger charge is 2.58. The quantitative estimate of drug-likeness (QED) is 0.791. The fraction of sp³-hybridized carbons (Fsp3) is 0.846. The molecule has 3 rings (SSSR count). The molecule has 2 saturated carbocycles. The van der Waals surface area contributed by atoms with E-state index in [2.05, 4.69) is 0 Å². The highest BCUT2D eigenvalue weighted by molar-refractivity contribution is 5.87. The van der Waals surface area contributed by atoms with Gasteiger partial charge in [-0.25, -0.2) is 4.79 Å². The molecular weight excluding hydrogens is 218 g/mol. The second kappa shape index (κ2) is 4.00. The van der Waals surface area contributed by atoms with Gasteiger partial charge in [0.15, 0.2) is 0 Å². The summed E-state index contributed by atoms with van der Waals surface area (Å²) in [5.41, 5.74) is 0. The summed E-state index contributed by atoms with van der Waals surface area (Å²) in [6, 6.07) is -0.558. The molecule has 1 N–H and O–H groups in total. The predicted octanol–water partition coefficient (Wildman–Crippen LogP) is 1.50. The zero-order valence-corrected chi connectivity index (χ0v) is 9.97. The number of hydrogen-bond acceptors (Lipinski definition) is 2. The average molecular weight is 237 g/mol. The first-order valence-corrected chi connectivity index (χ1v) is 6.73. The molecular formula is C13H19NO3. The molecule has 2 aliphatic carbocycles. The number of amides is 1. The minimum Gasteiger partial charge on any atom is -0.480 e. The van der Waals surface area contributed by atoms with Crippen LogP contribution in [0.4, 0.5) is 0 Å². The maximum Gasteiger partial charge on any atom is 0.326 e. The van der Waals surface area contributed by atoms with E-state index in [1.165, 1.54) is 19.3 Å². The third-order valence-corrected chi connectivity index (χ3v) is 4.76. The third kappa shape index (κ3) is 1.74. The van der Waals surface area contributed by atoms with Crippen LogP contribution in [0.25, 0.3) is 0 Å². The Bertz CT molecular complexity index is 345. The van der Waals surface area contributed by atoms with Crippen molar-refractivity contribution in [3.8, 4) is 0 Å². The number of fused-ring (bicyclic) bond motifs is 1. The Morgan fingerprint density at radius 3 is 2.35 bits per heavy atom. The Morgan fingerprint density at radius 1 is 1.00 bits per heavy atom. The number of hydrogen-bond donors (Lipinski definition) is 1. The summed E-state index contributed by atoms with van der Waals surface area (Å²) in [6.45, 7) is 0.645. The van der Waals surface area contributed by atoms with Gasteiger partial charge in [-0.15, -0.1) is 0 Å². The van der Waals surface area contributed by atoms with E-state index in [0.29, 0.717) is 24.8 Å². The van der Waals surface area contributed by atoms with Gasteiger partial charge in [0.1, 0.15) is 6.04 Å². The van der Waals surface area contributed by atoms with E-state index in [9.17, 15) is 9.59 Å². The minimum atomic E-state index is -0.830. The number of likely N-dealkylation sites (tertiary alicyclic amines) is 1. The lowest BCUT2D eigenvalue weighted by molar-refractivity contribution is -0.153. The van der Waals surface area contributed by atoms with E-state index in [1.54, 1.807) is 4.90 Å². The lowest BCUT2D eigenvalue weighted by atomic mass is 10.0. The fourth-order valence-electron chi connectivity index (χ4n) is 3.83. The molecule has 94 valence electrons. The zero-order chi connectivity index (χ0) is 12.0. The average Bonchev–Trinajstić information content (AvgIpc) is 2.81. The molecule has 3 atom stereocenters. The fourth-order valence-corrected chi connectivity index (χ4v) is 3.83. The van der Waals surface area contributed by atoms with Gasteiger partial charge in [0, 0.05) is 12.5 Å². The first-order valence-electron chi connectivity index (χ1n) is 6.73. The van der Waals surface area contributed by atoms with Crippen LogP contribution < -0.4 is 0 Å². The first kappa shape index (κ1) is 11.1. The number of aliphatic carboxylic acids is 1. The largest absolute Gasteiger partial charge is 0.480 e. The number of nitrogens with zero attached hydrogens (tertiary/aromatic N) is 1. The topological polar surface area (TPSA) is 57.6 Å². The molecule has 0 radical (unpaired) electrons. The monoisotopic (exact) mass is 237 g/mol. The molecule has 17 heavy (non-hydrogen) atoms. The van der Waals surface area contributed by atoms with Crippen LogP contribution in [-0.2, 0) is 9.59 Å². The van der Waals surface area contributed by atoms with Crippen molar-refractivity contribution in [2.45, 2.75) is 44.6 Å². The van der Waals surface area contributed by atoms with Gasteiger partial charge in [-0.1, -0.05) is 6.42 Å². The van der Waals surface area contributed by atoms with Gasteiger partial charge in [0.2, 0.25) is 5.91 Å². The Balaban J connectivity index is 1.69. The number of carbonyl (C=O) groups excluding carboxylic acids is 1. The zero-order valence-electron chi connectivity index (χ0n) is 9.97. The van der Waals surface area contributed by atoms with Crippen molar-refractivity contribution in [3.63, 3.8) is 0 Å². The maximum atomic E-state index is 12.4. The molecule has 1 heterocycles. The summed E-state index contributed by atoms with van der Waals surface area (Å²) in [7, 11) is 0. The number of carboxylic acids is 1. The number of carbonyl (C=O) groups is 2. The van der Waals surface area contributed by atoms with Crippen molar-refractivity contribution in [3.05, 3.63) is 0 Å². The Kier molecular flexibility index (Phi) is 2.60. The molecule has 0 aromatic heterocycles. The van der Waals surface area contributed by atoms with Crippen LogP contribution in [0.2, 0.25) is 0 Å². The molecule has 4 nitrogen and oxygen atoms in total. The second-order valence-electron chi connectivity index (χ2n) is 5.67. The molecule has 3 fully saturated rings. The second-order valence-corrected chi connectivity index (χ2v) is 5.67. The van der Waals surface area contributed by atoms with Crippen molar-refractivity contribution >= 4 is 11.9 Å². The summed E-state index contributed by atoms with van der Waals surface area (Å²) in [6.07, 6.45) is 6.11. The van der Waals surface area contributed by atoms with Crippen LogP contribution in [-0.4, -0.2) is 34.5 Å². The minimum absolute atomic E-state index is 0.131. The molecule has 0 bridgehead atoms. The summed E-state index contributed by atoms with van der Waals surface area (Å²) in [4.78, 5) is 25.2. The molecule has 0 aromatic carbocycles. The van der Waals surface area contributed by atoms with Crippen LogP contribution in [0.5, 0.6) is 0 Å². The molecule has 0 aromatic rings. The summed E-state index contributed by atoms with van der Waals surface area (Å²) < 4.78 is 0. The normalized spacial score (nSPS) is 39.9. The van der Waals surface area contributed by atoms with Crippen molar-refractivity contribution in [2.24, 2.45) is 17.8 Å². The lowest BCUT2D eigenvalue weighted by Gasteiger charge is -2.33. The molecule has 1 amide bonds. The summed E-state index contributed by atoms with van der Waals surface area (Å²) in [5.74, 6) is 0.636. The molecule has 1 saturated heterocycles. The van der Waals surface area contributed by atoms with Crippen molar-refractivity contribution in [1.82, 2.24) is 4.90 Å². The summed E-state index contributed by atoms with van der Waals surface area (Å²) >= 11 is 0. The molecule has 0 unspecified atom stereocenters. The van der Waals surface area contributed by atoms with E-state index in [4.69, 9.17) is 5.11 Å². The molecule has 1 aliphatic heterocycles. The van der Waals surface area contributed by atoms with E-state index in [1.807, 2.05) is 0 Å². The van der Waals surface area contributed by atoms with E-state index in [0.717, 1.165) is 12.8 Å². The van der Waals surface area contributed by atoms with Crippen LogP contribution in [0.1, 0.15) is 38.5 Å². The highest BCUT2D eigenvalue weighted by Crippen LogP contribution is 2.58. The number of piperidine rings is 1. The number of rotatable bonds is 2. The van der Waals surface area contributed by atoms with Gasteiger partial charge in [-0.2, -0.15) is 0 Å². The standard InChI is InChI=1S/C13H19NO3/c15-12(11-8-4-3-5-9(8)11)14-7-2-1-6-10(14)13(16)17/h8-11H,1-7H2,(H,16,17)/t8-,9-,10+/m1/s1. The van der Waals surface area contributed by atoms with Crippen molar-refractivity contribution in [2.75, 3.05) is 6.54 Å². The van der Waals surface area contributed by atoms with E-state index in [-0.39, 0.29) is 11.8 Å². The Morgan fingerprint density at radius 2 is 1.71 bits per heavy atom. The molecule has 3 aliphatic rings. The van der Waals surface area contributed by atoms with Gasteiger partial charge in [0.25, 0.3) is 0 Å². The Labute approximate surface area is 101 Å². The van der Waals surface area contributed by atoms with Gasteiger partial charge in [-0.3, -0.25) is 4.79 Å². The van der Waals surface area contributed by atoms with Gasteiger partial charge < -0.3 is 10.0 Å².